The van der Waals surface area contributed by atoms with Gasteiger partial charge in [0.25, 0.3) is 5.91 Å². The van der Waals surface area contributed by atoms with E-state index in [1.54, 1.807) is 18.2 Å². The van der Waals surface area contributed by atoms with Crippen molar-refractivity contribution in [2.75, 3.05) is 17.7 Å². The maximum absolute atomic E-state index is 12.5. The molecule has 0 atom stereocenters. The van der Waals surface area contributed by atoms with Crippen LogP contribution in [0.1, 0.15) is 17.3 Å². The minimum absolute atomic E-state index is 0.218. The fourth-order valence-corrected chi connectivity index (χ4v) is 2.90. The summed E-state index contributed by atoms with van der Waals surface area (Å²) in [6.45, 7) is 1.36. The van der Waals surface area contributed by atoms with Gasteiger partial charge in [0.2, 0.25) is 5.91 Å². The summed E-state index contributed by atoms with van der Waals surface area (Å²) in [5.74, 6) is -0.445. The Hall–Kier alpha value is -1.76. The first-order valence-corrected chi connectivity index (χ1v) is 8.28. The van der Waals surface area contributed by atoms with Crippen LogP contribution < -0.4 is 15.4 Å². The van der Waals surface area contributed by atoms with Crippen molar-refractivity contribution in [3.05, 3.63) is 50.4 Å². The van der Waals surface area contributed by atoms with E-state index in [4.69, 9.17) is 27.9 Å². The maximum atomic E-state index is 12.5. The molecule has 0 aliphatic carbocycles. The van der Waals surface area contributed by atoms with E-state index in [-0.39, 0.29) is 22.2 Å². The molecule has 8 heteroatoms. The van der Waals surface area contributed by atoms with Crippen LogP contribution in [-0.2, 0) is 4.79 Å². The molecule has 2 amide bonds. The van der Waals surface area contributed by atoms with Gasteiger partial charge < -0.3 is 15.4 Å². The van der Waals surface area contributed by atoms with Gasteiger partial charge in [-0.3, -0.25) is 9.59 Å². The molecule has 0 aromatic heterocycles. The van der Waals surface area contributed by atoms with E-state index >= 15 is 0 Å². The number of benzene rings is 2. The van der Waals surface area contributed by atoms with Crippen molar-refractivity contribution in [2.45, 2.75) is 6.92 Å². The van der Waals surface area contributed by atoms with Gasteiger partial charge in [-0.15, -0.1) is 0 Å². The summed E-state index contributed by atoms with van der Waals surface area (Å²) in [5, 5.41) is 5.88. The Balaban J connectivity index is 2.34. The molecular formula is C16H13BrCl2N2O3. The molecular weight excluding hydrogens is 419 g/mol. The zero-order valence-electron chi connectivity index (χ0n) is 12.7. The number of methoxy groups -OCH3 is 1. The highest BCUT2D eigenvalue weighted by Gasteiger charge is 2.17. The van der Waals surface area contributed by atoms with E-state index in [0.717, 1.165) is 4.47 Å². The highest BCUT2D eigenvalue weighted by molar-refractivity contribution is 9.10. The second kappa shape index (κ2) is 7.88. The van der Waals surface area contributed by atoms with Crippen molar-refractivity contribution in [1.82, 2.24) is 0 Å². The highest BCUT2D eigenvalue weighted by atomic mass is 79.9. The molecule has 2 aromatic rings. The molecule has 0 radical (unpaired) electrons. The van der Waals surface area contributed by atoms with E-state index in [1.807, 2.05) is 0 Å². The van der Waals surface area contributed by atoms with Crippen molar-refractivity contribution in [2.24, 2.45) is 0 Å². The average Bonchev–Trinajstić information content (AvgIpc) is 2.51. The Morgan fingerprint density at radius 1 is 1.04 bits per heavy atom. The summed E-state index contributed by atoms with van der Waals surface area (Å²) in [6, 6.07) is 8.01. The molecule has 0 saturated carbocycles. The summed E-state index contributed by atoms with van der Waals surface area (Å²) in [5.41, 5.74) is 1.03. The number of amides is 2. The lowest BCUT2D eigenvalue weighted by Gasteiger charge is -2.13. The Bertz CT molecular complexity index is 812. The lowest BCUT2D eigenvalue weighted by molar-refractivity contribution is -0.114. The lowest BCUT2D eigenvalue weighted by atomic mass is 10.1. The first kappa shape index (κ1) is 18.6. The maximum Gasteiger partial charge on any atom is 0.259 e. The zero-order valence-corrected chi connectivity index (χ0v) is 15.8. The van der Waals surface area contributed by atoms with Gasteiger partial charge in [0.1, 0.15) is 5.75 Å². The molecule has 0 aliphatic rings. The van der Waals surface area contributed by atoms with Crippen LogP contribution in [0.5, 0.6) is 5.75 Å². The van der Waals surface area contributed by atoms with Gasteiger partial charge >= 0.3 is 0 Å². The summed E-state index contributed by atoms with van der Waals surface area (Å²) >= 11 is 15.5. The first-order chi connectivity index (χ1) is 11.3. The van der Waals surface area contributed by atoms with Crippen molar-refractivity contribution in [3.8, 4) is 5.75 Å². The van der Waals surface area contributed by atoms with E-state index in [1.165, 1.54) is 26.2 Å². The monoisotopic (exact) mass is 430 g/mol. The molecule has 0 heterocycles. The quantitative estimate of drug-likeness (QED) is 0.717. The summed E-state index contributed by atoms with van der Waals surface area (Å²) < 4.78 is 6.02. The average molecular weight is 432 g/mol. The standard InChI is InChI=1S/C16H13BrCl2N2O3/c1-8(22)20-14-7-15(24-2)10(6-12(14)19)16(23)21-13-4-3-9(17)5-11(13)18/h3-7H,1-2H3,(H,20,22)(H,21,23). The molecule has 5 nitrogen and oxygen atoms in total. The summed E-state index contributed by atoms with van der Waals surface area (Å²) in [6.07, 6.45) is 0. The van der Waals surface area contributed by atoms with Gasteiger partial charge in [0, 0.05) is 17.5 Å². The van der Waals surface area contributed by atoms with Crippen LogP contribution in [0.2, 0.25) is 10.0 Å². The smallest absolute Gasteiger partial charge is 0.259 e. The normalized spacial score (nSPS) is 10.2. The van der Waals surface area contributed by atoms with Gasteiger partial charge in [-0.25, -0.2) is 0 Å². The number of carbonyl (C=O) groups excluding carboxylic acids is 2. The molecule has 2 aromatic carbocycles. The van der Waals surface area contributed by atoms with Crippen molar-refractivity contribution in [1.29, 1.82) is 0 Å². The van der Waals surface area contributed by atoms with Crippen LogP contribution in [0.15, 0.2) is 34.8 Å². The summed E-state index contributed by atoms with van der Waals surface area (Å²) in [4.78, 5) is 23.7. The van der Waals surface area contributed by atoms with Gasteiger partial charge in [-0.05, 0) is 24.3 Å². The van der Waals surface area contributed by atoms with Crippen molar-refractivity contribution >= 4 is 62.3 Å². The number of halogens is 3. The first-order valence-electron chi connectivity index (χ1n) is 6.73. The molecule has 2 rings (SSSR count). The number of nitrogens with one attached hydrogen (secondary N) is 2. The molecule has 0 spiro atoms. The Labute approximate surface area is 157 Å². The number of carbonyl (C=O) groups is 2. The Kier molecular flexibility index (Phi) is 6.10. The third kappa shape index (κ3) is 4.41. The van der Waals surface area contributed by atoms with Gasteiger partial charge in [0.05, 0.1) is 34.1 Å². The molecule has 0 saturated heterocycles. The molecule has 126 valence electrons. The second-order valence-electron chi connectivity index (χ2n) is 4.79. The molecule has 0 bridgehead atoms. The van der Waals surface area contributed by atoms with Crippen LogP contribution >= 0.6 is 39.1 Å². The molecule has 0 fully saturated rings. The lowest BCUT2D eigenvalue weighted by Crippen LogP contribution is -2.14. The van der Waals surface area contributed by atoms with Gasteiger partial charge in [-0.2, -0.15) is 0 Å². The highest BCUT2D eigenvalue weighted by Crippen LogP contribution is 2.32. The van der Waals surface area contributed by atoms with Gasteiger partial charge in [-0.1, -0.05) is 39.1 Å². The number of rotatable bonds is 4. The van der Waals surface area contributed by atoms with Crippen molar-refractivity contribution in [3.63, 3.8) is 0 Å². The minimum atomic E-state index is -0.438. The molecule has 0 aliphatic heterocycles. The Morgan fingerprint density at radius 3 is 2.29 bits per heavy atom. The number of hydrogen-bond donors (Lipinski definition) is 2. The predicted octanol–water partition coefficient (Wildman–Crippen LogP) is 4.98. The fraction of sp³-hybridized carbons (Fsp3) is 0.125. The third-order valence-electron chi connectivity index (χ3n) is 3.02. The minimum Gasteiger partial charge on any atom is -0.496 e. The molecule has 24 heavy (non-hydrogen) atoms. The fourth-order valence-electron chi connectivity index (χ4n) is 1.97. The van der Waals surface area contributed by atoms with E-state index < -0.39 is 5.91 Å². The number of anilines is 2. The largest absolute Gasteiger partial charge is 0.496 e. The van der Waals surface area contributed by atoms with Crippen LogP contribution in [0, 0.1) is 0 Å². The number of hydrogen-bond acceptors (Lipinski definition) is 3. The van der Waals surface area contributed by atoms with Crippen LogP contribution in [-0.4, -0.2) is 18.9 Å². The third-order valence-corrected chi connectivity index (χ3v) is 4.14. The van der Waals surface area contributed by atoms with Crippen LogP contribution in [0.4, 0.5) is 11.4 Å². The van der Waals surface area contributed by atoms with E-state index in [2.05, 4.69) is 26.6 Å². The van der Waals surface area contributed by atoms with Gasteiger partial charge in [0.15, 0.2) is 0 Å². The second-order valence-corrected chi connectivity index (χ2v) is 6.52. The van der Waals surface area contributed by atoms with Crippen LogP contribution in [0.25, 0.3) is 0 Å². The number of ether oxygens (including phenoxy) is 1. The van der Waals surface area contributed by atoms with Crippen molar-refractivity contribution < 1.29 is 14.3 Å². The SMILES string of the molecule is COc1cc(NC(C)=O)c(Cl)cc1C(=O)Nc1ccc(Br)cc1Cl. The summed E-state index contributed by atoms with van der Waals surface area (Å²) in [7, 11) is 1.42. The topological polar surface area (TPSA) is 67.4 Å². The predicted molar refractivity (Wildman–Crippen MR) is 99.4 cm³/mol. The zero-order chi connectivity index (χ0) is 17.9. The molecule has 2 N–H and O–H groups in total. The molecule has 0 unspecified atom stereocenters. The van der Waals surface area contributed by atoms with Crippen LogP contribution in [0.3, 0.4) is 0 Å². The van der Waals surface area contributed by atoms with E-state index in [0.29, 0.717) is 16.4 Å². The van der Waals surface area contributed by atoms with E-state index in [9.17, 15) is 9.59 Å². The Morgan fingerprint density at radius 2 is 1.71 bits per heavy atom.